The first kappa shape index (κ1) is 15.7. The van der Waals surface area contributed by atoms with Crippen LogP contribution in [0.2, 0.25) is 0 Å². The predicted octanol–water partition coefficient (Wildman–Crippen LogP) is 3.76. The summed E-state index contributed by atoms with van der Waals surface area (Å²) in [5.74, 6) is 1.05. The fourth-order valence-electron chi connectivity index (χ4n) is 2.91. The summed E-state index contributed by atoms with van der Waals surface area (Å²) in [6.07, 6.45) is 3.54. The molecule has 0 aliphatic carbocycles. The third-order valence-corrected chi connectivity index (χ3v) is 5.99. The zero-order chi connectivity index (χ0) is 16.7. The number of aryl methyl sites for hydroxylation is 1. The van der Waals surface area contributed by atoms with Crippen molar-refractivity contribution >= 4 is 22.9 Å². The molecule has 1 unspecified atom stereocenters. The van der Waals surface area contributed by atoms with Crippen LogP contribution in [-0.4, -0.2) is 31.1 Å². The Balaban J connectivity index is 1.87. The van der Waals surface area contributed by atoms with Gasteiger partial charge >= 0.3 is 0 Å². The average molecular weight is 355 g/mol. The average Bonchev–Trinajstić information content (AvgIpc) is 3.15. The van der Waals surface area contributed by atoms with Gasteiger partial charge in [-0.15, -0.1) is 0 Å². The highest BCUT2D eigenvalue weighted by atomic mass is 32.2. The Kier molecular flexibility index (Phi) is 4.12. The number of imidazole rings is 1. The summed E-state index contributed by atoms with van der Waals surface area (Å²) < 4.78 is 13.9. The van der Waals surface area contributed by atoms with Crippen molar-refractivity contribution in [2.45, 2.75) is 23.5 Å². The maximum atomic E-state index is 11.6. The zero-order valence-corrected chi connectivity index (χ0v) is 15.2. The van der Waals surface area contributed by atoms with Crippen molar-refractivity contribution < 1.29 is 4.55 Å². The standard InChI is InChI=1S/C18H17N3OS2/c1-12-7-8-19-15(11-12)17-16(20-18-21(17)9-10-23-18)13-3-5-14(6-4-13)24(2)22/h3-8,11H,9-10H2,1-2H3. The van der Waals surface area contributed by atoms with Crippen LogP contribution in [0.1, 0.15) is 5.56 Å². The van der Waals surface area contributed by atoms with Crippen molar-refractivity contribution in [2.24, 2.45) is 0 Å². The van der Waals surface area contributed by atoms with Crippen molar-refractivity contribution in [1.29, 1.82) is 0 Å². The first-order valence-corrected chi connectivity index (χ1v) is 10.3. The molecule has 1 aliphatic heterocycles. The molecule has 2 aromatic heterocycles. The Hall–Kier alpha value is -1.76. The molecule has 24 heavy (non-hydrogen) atoms. The molecule has 6 heteroatoms. The number of thioether (sulfide) groups is 1. The third-order valence-electron chi connectivity index (χ3n) is 4.10. The normalized spacial score (nSPS) is 14.6. The summed E-state index contributed by atoms with van der Waals surface area (Å²) in [5.41, 5.74) is 5.19. The van der Waals surface area contributed by atoms with Crippen LogP contribution in [0.4, 0.5) is 0 Å². The number of aromatic nitrogens is 3. The summed E-state index contributed by atoms with van der Waals surface area (Å²) in [7, 11) is 0. The molecule has 122 valence electrons. The van der Waals surface area contributed by atoms with Gasteiger partial charge in [-0.25, -0.2) is 4.98 Å². The van der Waals surface area contributed by atoms with Gasteiger partial charge in [0.05, 0.1) is 17.1 Å². The van der Waals surface area contributed by atoms with Crippen LogP contribution in [0, 0.1) is 6.92 Å². The fourth-order valence-corrected chi connectivity index (χ4v) is 4.38. The molecule has 0 spiro atoms. The van der Waals surface area contributed by atoms with Gasteiger partial charge < -0.3 is 9.12 Å². The van der Waals surface area contributed by atoms with Gasteiger partial charge in [0.2, 0.25) is 0 Å². The second kappa shape index (κ2) is 6.27. The monoisotopic (exact) mass is 355 g/mol. The van der Waals surface area contributed by atoms with Gasteiger partial charge in [-0.3, -0.25) is 4.98 Å². The van der Waals surface area contributed by atoms with Crippen LogP contribution in [-0.2, 0) is 17.7 Å². The molecule has 0 N–H and O–H groups in total. The van der Waals surface area contributed by atoms with E-state index in [2.05, 4.69) is 22.5 Å². The second-order valence-electron chi connectivity index (χ2n) is 5.79. The molecule has 0 fully saturated rings. The van der Waals surface area contributed by atoms with Gasteiger partial charge in [0.1, 0.15) is 6.26 Å². The number of hydrogen-bond acceptors (Lipinski definition) is 4. The van der Waals surface area contributed by atoms with E-state index in [4.69, 9.17) is 4.98 Å². The largest absolute Gasteiger partial charge is 0.612 e. The van der Waals surface area contributed by atoms with E-state index in [1.165, 1.54) is 5.56 Å². The second-order valence-corrected chi connectivity index (χ2v) is 8.23. The van der Waals surface area contributed by atoms with E-state index in [0.717, 1.165) is 45.0 Å². The van der Waals surface area contributed by atoms with Crippen LogP contribution in [0.15, 0.2) is 52.6 Å². The number of hydrogen-bond donors (Lipinski definition) is 0. The minimum atomic E-state index is -0.970. The summed E-state index contributed by atoms with van der Waals surface area (Å²) in [6, 6.07) is 11.9. The Morgan fingerprint density at radius 1 is 1.21 bits per heavy atom. The SMILES string of the molecule is Cc1ccnc(-c2c(-c3ccc([S+](C)[O-])cc3)nc3n2CCS3)c1. The maximum absolute atomic E-state index is 11.6. The molecule has 0 saturated heterocycles. The quantitative estimate of drug-likeness (QED) is 0.671. The molecule has 1 aliphatic rings. The van der Waals surface area contributed by atoms with Gasteiger partial charge in [0, 0.05) is 24.1 Å². The number of rotatable bonds is 3. The van der Waals surface area contributed by atoms with E-state index in [0.29, 0.717) is 0 Å². The lowest BCUT2D eigenvalue weighted by molar-refractivity contribution is 0.601. The zero-order valence-electron chi connectivity index (χ0n) is 13.5. The van der Waals surface area contributed by atoms with Crippen molar-refractivity contribution in [2.75, 3.05) is 12.0 Å². The molecule has 3 aromatic rings. The fraction of sp³-hybridized carbons (Fsp3) is 0.222. The minimum Gasteiger partial charge on any atom is -0.612 e. The molecule has 1 atom stereocenters. The molecule has 0 bridgehead atoms. The lowest BCUT2D eigenvalue weighted by Crippen LogP contribution is -2.00. The highest BCUT2D eigenvalue weighted by molar-refractivity contribution is 7.99. The van der Waals surface area contributed by atoms with E-state index in [-0.39, 0.29) is 0 Å². The number of fused-ring (bicyclic) bond motifs is 1. The molecular weight excluding hydrogens is 338 g/mol. The van der Waals surface area contributed by atoms with Crippen LogP contribution < -0.4 is 0 Å². The maximum Gasteiger partial charge on any atom is 0.169 e. The first-order chi connectivity index (χ1) is 11.6. The van der Waals surface area contributed by atoms with E-state index >= 15 is 0 Å². The molecule has 0 radical (unpaired) electrons. The molecule has 0 saturated carbocycles. The Labute approximate surface area is 148 Å². The molecule has 4 nitrogen and oxygen atoms in total. The highest BCUT2D eigenvalue weighted by Gasteiger charge is 2.24. The lowest BCUT2D eigenvalue weighted by atomic mass is 10.1. The molecule has 4 rings (SSSR count). The van der Waals surface area contributed by atoms with E-state index in [1.54, 1.807) is 18.0 Å². The summed E-state index contributed by atoms with van der Waals surface area (Å²) >= 11 is 0.810. The summed E-state index contributed by atoms with van der Waals surface area (Å²) in [4.78, 5) is 10.3. The lowest BCUT2D eigenvalue weighted by Gasteiger charge is -2.09. The van der Waals surface area contributed by atoms with Gasteiger partial charge in [-0.05, 0) is 60.1 Å². The predicted molar refractivity (Wildman–Crippen MR) is 98.7 cm³/mol. The third kappa shape index (κ3) is 2.75. The van der Waals surface area contributed by atoms with Crippen LogP contribution in [0.25, 0.3) is 22.6 Å². The Morgan fingerprint density at radius 2 is 2.00 bits per heavy atom. The van der Waals surface area contributed by atoms with Crippen molar-refractivity contribution in [3.8, 4) is 22.6 Å². The topological polar surface area (TPSA) is 53.8 Å². The molecule has 0 amide bonds. The van der Waals surface area contributed by atoms with Crippen LogP contribution >= 0.6 is 11.8 Å². The van der Waals surface area contributed by atoms with Gasteiger partial charge in [-0.1, -0.05) is 11.8 Å². The van der Waals surface area contributed by atoms with E-state index in [9.17, 15) is 4.55 Å². The van der Waals surface area contributed by atoms with E-state index in [1.807, 2.05) is 36.5 Å². The number of nitrogens with zero attached hydrogens (tertiary/aromatic N) is 3. The van der Waals surface area contributed by atoms with Crippen LogP contribution in [0.3, 0.4) is 0 Å². The first-order valence-electron chi connectivity index (χ1n) is 7.74. The minimum absolute atomic E-state index is 0.829. The molecular formula is C18H17N3OS2. The van der Waals surface area contributed by atoms with Crippen LogP contribution in [0.5, 0.6) is 0 Å². The number of pyridine rings is 1. The van der Waals surface area contributed by atoms with Crippen molar-refractivity contribution in [3.63, 3.8) is 0 Å². The highest BCUT2D eigenvalue weighted by Crippen LogP contribution is 2.38. The van der Waals surface area contributed by atoms with Gasteiger partial charge in [0.25, 0.3) is 0 Å². The molecule has 3 heterocycles. The molecule has 1 aromatic carbocycles. The summed E-state index contributed by atoms with van der Waals surface area (Å²) in [5, 5.41) is 1.05. The van der Waals surface area contributed by atoms with Gasteiger partial charge in [0.15, 0.2) is 10.1 Å². The Bertz CT molecular complexity index is 888. The van der Waals surface area contributed by atoms with Crippen molar-refractivity contribution in [3.05, 3.63) is 48.2 Å². The Morgan fingerprint density at radius 3 is 2.71 bits per heavy atom. The number of benzene rings is 1. The smallest absolute Gasteiger partial charge is 0.169 e. The van der Waals surface area contributed by atoms with Gasteiger partial charge in [-0.2, -0.15) is 0 Å². The van der Waals surface area contributed by atoms with E-state index < -0.39 is 11.2 Å². The summed E-state index contributed by atoms with van der Waals surface area (Å²) in [6.45, 7) is 3.03. The van der Waals surface area contributed by atoms with Crippen molar-refractivity contribution in [1.82, 2.24) is 14.5 Å².